The zero-order valence-corrected chi connectivity index (χ0v) is 13.0. The van der Waals surface area contributed by atoms with Gasteiger partial charge in [0.25, 0.3) is 0 Å². The molecule has 1 aromatic heterocycles. The van der Waals surface area contributed by atoms with Crippen LogP contribution in [-0.4, -0.2) is 18.1 Å². The van der Waals surface area contributed by atoms with Crippen LogP contribution in [-0.2, 0) is 11.3 Å². The molecule has 0 aliphatic heterocycles. The van der Waals surface area contributed by atoms with Crippen molar-refractivity contribution in [2.24, 2.45) is 0 Å². The molecule has 0 saturated heterocycles. The van der Waals surface area contributed by atoms with E-state index in [-0.39, 0.29) is 11.7 Å². The zero-order valence-electron chi connectivity index (χ0n) is 13.0. The second-order valence-corrected chi connectivity index (χ2v) is 5.01. The number of hydrogen-bond donors (Lipinski definition) is 1. The Morgan fingerprint density at radius 1 is 1.30 bits per heavy atom. The number of esters is 1. The molecule has 0 aliphatic carbocycles. The Kier molecular flexibility index (Phi) is 5.76. The number of pyridine rings is 1. The average molecular weight is 320 g/mol. The molecule has 6 heteroatoms. The van der Waals surface area contributed by atoms with E-state index in [1.54, 1.807) is 18.2 Å². The fourth-order valence-electron chi connectivity index (χ4n) is 2.28. The van der Waals surface area contributed by atoms with Gasteiger partial charge in [-0.05, 0) is 24.6 Å². The summed E-state index contributed by atoms with van der Waals surface area (Å²) in [6, 6.07) is 8.28. The second kappa shape index (κ2) is 7.78. The summed E-state index contributed by atoms with van der Waals surface area (Å²) in [5, 5.41) is 3.17. The van der Waals surface area contributed by atoms with Crippen molar-refractivity contribution in [2.75, 3.05) is 7.11 Å². The van der Waals surface area contributed by atoms with Gasteiger partial charge in [-0.2, -0.15) is 0 Å². The number of hydrogen-bond acceptors (Lipinski definition) is 4. The molecule has 0 spiro atoms. The minimum absolute atomic E-state index is 0.216. The Hall–Kier alpha value is -2.34. The quantitative estimate of drug-likeness (QED) is 0.829. The number of methoxy groups -OCH3 is 1. The molecule has 0 saturated carbocycles. The van der Waals surface area contributed by atoms with Crippen molar-refractivity contribution in [3.8, 4) is 0 Å². The molecule has 0 bridgehead atoms. The van der Waals surface area contributed by atoms with Crippen LogP contribution < -0.4 is 5.32 Å². The SMILES string of the molecule is CC[C@@H](NCc1cccc(C(=O)OC)n1)c1ccc(F)cc1F. The van der Waals surface area contributed by atoms with Gasteiger partial charge in [-0.25, -0.2) is 18.6 Å². The van der Waals surface area contributed by atoms with Gasteiger partial charge >= 0.3 is 5.97 Å². The molecule has 1 heterocycles. The number of ether oxygens (including phenoxy) is 1. The highest BCUT2D eigenvalue weighted by atomic mass is 19.1. The molecule has 0 amide bonds. The molecular weight excluding hydrogens is 302 g/mol. The third-order valence-corrected chi connectivity index (χ3v) is 3.48. The lowest BCUT2D eigenvalue weighted by atomic mass is 10.0. The average Bonchev–Trinajstić information content (AvgIpc) is 2.56. The predicted molar refractivity (Wildman–Crippen MR) is 81.8 cm³/mol. The number of carbonyl (C=O) groups excluding carboxylic acids is 1. The molecule has 0 radical (unpaired) electrons. The first kappa shape index (κ1) is 17.0. The summed E-state index contributed by atoms with van der Waals surface area (Å²) in [6.07, 6.45) is 0.624. The van der Waals surface area contributed by atoms with Gasteiger partial charge in [0, 0.05) is 24.2 Å². The van der Waals surface area contributed by atoms with E-state index in [0.717, 1.165) is 6.07 Å². The lowest BCUT2D eigenvalue weighted by Gasteiger charge is -2.18. The van der Waals surface area contributed by atoms with Crippen LogP contribution in [0, 0.1) is 11.6 Å². The van der Waals surface area contributed by atoms with E-state index in [4.69, 9.17) is 0 Å². The maximum atomic E-state index is 13.9. The van der Waals surface area contributed by atoms with Crippen LogP contribution in [0.1, 0.15) is 41.1 Å². The van der Waals surface area contributed by atoms with Crippen LogP contribution in [0.15, 0.2) is 36.4 Å². The molecule has 0 unspecified atom stereocenters. The molecule has 4 nitrogen and oxygen atoms in total. The number of rotatable bonds is 6. The van der Waals surface area contributed by atoms with E-state index in [0.29, 0.717) is 24.2 Å². The highest BCUT2D eigenvalue weighted by Gasteiger charge is 2.15. The monoisotopic (exact) mass is 320 g/mol. The van der Waals surface area contributed by atoms with Crippen molar-refractivity contribution < 1.29 is 18.3 Å². The third kappa shape index (κ3) is 4.32. The van der Waals surface area contributed by atoms with E-state index < -0.39 is 17.6 Å². The Labute approximate surface area is 133 Å². The molecule has 122 valence electrons. The summed E-state index contributed by atoms with van der Waals surface area (Å²) < 4.78 is 31.5. The van der Waals surface area contributed by atoms with Crippen molar-refractivity contribution in [1.82, 2.24) is 10.3 Å². The van der Waals surface area contributed by atoms with Gasteiger partial charge in [-0.1, -0.05) is 19.1 Å². The summed E-state index contributed by atoms with van der Waals surface area (Å²) in [5.74, 6) is -1.70. The van der Waals surface area contributed by atoms with Crippen molar-refractivity contribution >= 4 is 5.97 Å². The second-order valence-electron chi connectivity index (χ2n) is 5.01. The van der Waals surface area contributed by atoms with Crippen LogP contribution >= 0.6 is 0 Å². The first-order valence-electron chi connectivity index (χ1n) is 7.27. The molecule has 1 atom stereocenters. The topological polar surface area (TPSA) is 51.2 Å². The summed E-state index contributed by atoms with van der Waals surface area (Å²) in [6.45, 7) is 2.25. The molecule has 1 aromatic carbocycles. The van der Waals surface area contributed by atoms with Crippen molar-refractivity contribution in [1.29, 1.82) is 0 Å². The van der Waals surface area contributed by atoms with Crippen molar-refractivity contribution in [3.05, 3.63) is 65.0 Å². The summed E-state index contributed by atoms with van der Waals surface area (Å²) in [5.41, 5.74) is 1.25. The Morgan fingerprint density at radius 2 is 2.09 bits per heavy atom. The number of carbonyl (C=O) groups is 1. The van der Waals surface area contributed by atoms with Crippen LogP contribution in [0.5, 0.6) is 0 Å². The molecular formula is C17H18F2N2O2. The first-order chi connectivity index (χ1) is 11.0. The number of halogens is 2. The van der Waals surface area contributed by atoms with Gasteiger partial charge in [0.05, 0.1) is 12.8 Å². The molecule has 0 aliphatic rings. The Bertz CT molecular complexity index is 692. The van der Waals surface area contributed by atoms with Gasteiger partial charge in [-0.3, -0.25) is 0 Å². The molecule has 2 aromatic rings. The molecule has 2 rings (SSSR count). The first-order valence-corrected chi connectivity index (χ1v) is 7.27. The van der Waals surface area contributed by atoms with E-state index in [9.17, 15) is 13.6 Å². The minimum Gasteiger partial charge on any atom is -0.464 e. The van der Waals surface area contributed by atoms with Crippen molar-refractivity contribution in [3.63, 3.8) is 0 Å². The Balaban J connectivity index is 2.10. The van der Waals surface area contributed by atoms with Gasteiger partial charge in [0.15, 0.2) is 0 Å². The molecule has 23 heavy (non-hydrogen) atoms. The highest BCUT2D eigenvalue weighted by molar-refractivity contribution is 5.87. The van der Waals surface area contributed by atoms with Gasteiger partial charge in [0.2, 0.25) is 0 Å². The standard InChI is InChI=1S/C17H18F2N2O2/c1-3-15(13-8-7-11(18)9-14(13)19)20-10-12-5-4-6-16(21-12)17(22)23-2/h4-9,15,20H,3,10H2,1-2H3/t15-/m1/s1. The fourth-order valence-corrected chi connectivity index (χ4v) is 2.28. The predicted octanol–water partition coefficient (Wildman–Crippen LogP) is 3.39. The highest BCUT2D eigenvalue weighted by Crippen LogP contribution is 2.21. The van der Waals surface area contributed by atoms with Crippen LogP contribution in [0.3, 0.4) is 0 Å². The van der Waals surface area contributed by atoms with Crippen LogP contribution in [0.4, 0.5) is 8.78 Å². The van der Waals surface area contributed by atoms with E-state index in [1.807, 2.05) is 6.92 Å². The molecule has 1 N–H and O–H groups in total. The normalized spacial score (nSPS) is 12.0. The number of nitrogens with one attached hydrogen (secondary N) is 1. The van der Waals surface area contributed by atoms with Gasteiger partial charge < -0.3 is 10.1 Å². The number of benzene rings is 1. The zero-order chi connectivity index (χ0) is 16.8. The maximum Gasteiger partial charge on any atom is 0.356 e. The van der Waals surface area contributed by atoms with E-state index in [2.05, 4.69) is 15.0 Å². The smallest absolute Gasteiger partial charge is 0.356 e. The summed E-state index contributed by atoms with van der Waals surface area (Å²) >= 11 is 0. The maximum absolute atomic E-state index is 13.9. The lowest BCUT2D eigenvalue weighted by Crippen LogP contribution is -2.22. The fraction of sp³-hybridized carbons (Fsp3) is 0.294. The van der Waals surface area contributed by atoms with Crippen LogP contribution in [0.2, 0.25) is 0 Å². The van der Waals surface area contributed by atoms with Crippen LogP contribution in [0.25, 0.3) is 0 Å². The van der Waals surface area contributed by atoms with E-state index >= 15 is 0 Å². The Morgan fingerprint density at radius 3 is 2.74 bits per heavy atom. The largest absolute Gasteiger partial charge is 0.464 e. The van der Waals surface area contributed by atoms with Gasteiger partial charge in [-0.15, -0.1) is 0 Å². The van der Waals surface area contributed by atoms with Gasteiger partial charge in [0.1, 0.15) is 17.3 Å². The lowest BCUT2D eigenvalue weighted by molar-refractivity contribution is 0.0593. The summed E-state index contributed by atoms with van der Waals surface area (Å²) in [7, 11) is 1.29. The van der Waals surface area contributed by atoms with Crippen molar-refractivity contribution in [2.45, 2.75) is 25.9 Å². The third-order valence-electron chi connectivity index (χ3n) is 3.48. The van der Waals surface area contributed by atoms with E-state index in [1.165, 1.54) is 19.2 Å². The number of nitrogens with zero attached hydrogens (tertiary/aromatic N) is 1. The molecule has 0 fully saturated rings. The summed E-state index contributed by atoms with van der Waals surface area (Å²) in [4.78, 5) is 15.7. The number of aromatic nitrogens is 1. The minimum atomic E-state index is -0.603.